The van der Waals surface area contributed by atoms with Gasteiger partial charge in [-0.15, -0.1) is 0 Å². The molecule has 0 aromatic carbocycles. The number of nitrogens with zero attached hydrogens (tertiary/aromatic N) is 1. The second-order valence-corrected chi connectivity index (χ2v) is 7.06. The zero-order valence-electron chi connectivity index (χ0n) is 12.8. The van der Waals surface area contributed by atoms with Crippen LogP contribution in [0.4, 0.5) is 0 Å². The summed E-state index contributed by atoms with van der Waals surface area (Å²) in [6, 6.07) is 1.47. The molecule has 0 aromatic rings. The van der Waals surface area contributed by atoms with Gasteiger partial charge in [-0.3, -0.25) is 4.90 Å². The molecule has 2 nitrogen and oxygen atoms in total. The third kappa shape index (κ3) is 3.48. The van der Waals surface area contributed by atoms with Crippen LogP contribution in [0.3, 0.4) is 0 Å². The Morgan fingerprint density at radius 3 is 2.61 bits per heavy atom. The summed E-state index contributed by atoms with van der Waals surface area (Å²) in [5.74, 6) is 2.71. The van der Waals surface area contributed by atoms with E-state index in [1.165, 1.54) is 45.3 Å². The first-order valence-corrected chi connectivity index (χ1v) is 8.07. The molecule has 1 aliphatic carbocycles. The minimum Gasteiger partial charge on any atom is -0.311 e. The predicted octanol–water partition coefficient (Wildman–Crippen LogP) is 3.13. The molecular weight excluding hydrogens is 220 g/mol. The summed E-state index contributed by atoms with van der Waals surface area (Å²) in [5, 5.41) is 3.72. The van der Waals surface area contributed by atoms with Crippen molar-refractivity contribution in [3.8, 4) is 0 Å². The number of nitrogens with one attached hydrogen (secondary N) is 1. The summed E-state index contributed by atoms with van der Waals surface area (Å²) in [6.07, 6.45) is 5.65. The molecule has 1 aliphatic heterocycles. The molecule has 0 spiro atoms. The number of rotatable bonds is 4. The summed E-state index contributed by atoms with van der Waals surface area (Å²) < 4.78 is 0. The van der Waals surface area contributed by atoms with Crippen LogP contribution in [0.5, 0.6) is 0 Å². The maximum Gasteiger partial charge on any atom is 0.0244 e. The molecule has 2 heteroatoms. The number of hydrogen-bond donors (Lipinski definition) is 1. The van der Waals surface area contributed by atoms with E-state index >= 15 is 0 Å². The van der Waals surface area contributed by atoms with Crippen molar-refractivity contribution in [2.75, 3.05) is 19.6 Å². The average molecular weight is 252 g/mol. The van der Waals surface area contributed by atoms with Gasteiger partial charge in [0.1, 0.15) is 0 Å². The lowest BCUT2D eigenvalue weighted by atomic mass is 9.95. The van der Waals surface area contributed by atoms with E-state index in [-0.39, 0.29) is 0 Å². The van der Waals surface area contributed by atoms with Crippen molar-refractivity contribution < 1.29 is 0 Å². The Kier molecular flexibility index (Phi) is 5.08. The van der Waals surface area contributed by atoms with E-state index in [1.807, 2.05) is 0 Å². The van der Waals surface area contributed by atoms with Gasteiger partial charge >= 0.3 is 0 Å². The molecule has 2 aliphatic rings. The van der Waals surface area contributed by atoms with Crippen LogP contribution in [-0.4, -0.2) is 36.6 Å². The van der Waals surface area contributed by atoms with Gasteiger partial charge in [0.2, 0.25) is 0 Å². The van der Waals surface area contributed by atoms with E-state index in [2.05, 4.69) is 37.9 Å². The first-order chi connectivity index (χ1) is 8.60. The van der Waals surface area contributed by atoms with Gasteiger partial charge in [0.05, 0.1) is 0 Å². The molecule has 1 saturated heterocycles. The van der Waals surface area contributed by atoms with E-state index < -0.39 is 0 Å². The lowest BCUT2D eigenvalue weighted by Crippen LogP contribution is -2.58. The van der Waals surface area contributed by atoms with Crippen LogP contribution in [0, 0.1) is 17.8 Å². The average Bonchev–Trinajstić information content (AvgIpc) is 2.74. The summed E-state index contributed by atoms with van der Waals surface area (Å²) in [4.78, 5) is 2.80. The van der Waals surface area contributed by atoms with Gasteiger partial charge in [-0.25, -0.2) is 0 Å². The van der Waals surface area contributed by atoms with Crippen LogP contribution in [0.2, 0.25) is 0 Å². The molecule has 0 bridgehead atoms. The Balaban J connectivity index is 1.92. The lowest BCUT2D eigenvalue weighted by molar-refractivity contribution is 0.0806. The Hall–Kier alpha value is -0.0800. The standard InChI is InChI=1S/C16H32N2/c1-5-15-11-18(16(9-17-15)12(2)3)10-14-7-6-13(4)8-14/h12-17H,5-11H2,1-4H3. The zero-order valence-corrected chi connectivity index (χ0v) is 12.8. The second kappa shape index (κ2) is 6.38. The first-order valence-electron chi connectivity index (χ1n) is 8.07. The number of hydrogen-bond acceptors (Lipinski definition) is 2. The quantitative estimate of drug-likeness (QED) is 0.827. The molecule has 18 heavy (non-hydrogen) atoms. The second-order valence-electron chi connectivity index (χ2n) is 7.06. The summed E-state index contributed by atoms with van der Waals surface area (Å²) >= 11 is 0. The minimum absolute atomic E-state index is 0.721. The summed E-state index contributed by atoms with van der Waals surface area (Å²) in [5.41, 5.74) is 0. The van der Waals surface area contributed by atoms with Crippen LogP contribution < -0.4 is 5.32 Å². The topological polar surface area (TPSA) is 15.3 Å². The third-order valence-corrected chi connectivity index (χ3v) is 5.10. The van der Waals surface area contributed by atoms with E-state index in [0.29, 0.717) is 0 Å². The van der Waals surface area contributed by atoms with Crippen LogP contribution >= 0.6 is 0 Å². The number of piperazine rings is 1. The fourth-order valence-corrected chi connectivity index (χ4v) is 3.86. The fourth-order valence-electron chi connectivity index (χ4n) is 3.86. The van der Waals surface area contributed by atoms with Crippen molar-refractivity contribution in [2.45, 2.75) is 65.5 Å². The third-order valence-electron chi connectivity index (χ3n) is 5.10. The highest BCUT2D eigenvalue weighted by molar-refractivity contribution is 4.89. The van der Waals surface area contributed by atoms with E-state index in [4.69, 9.17) is 0 Å². The van der Waals surface area contributed by atoms with Crippen molar-refractivity contribution in [1.29, 1.82) is 0 Å². The van der Waals surface area contributed by atoms with Gasteiger partial charge in [0.25, 0.3) is 0 Å². The highest BCUT2D eigenvalue weighted by Gasteiger charge is 2.32. The van der Waals surface area contributed by atoms with Crippen LogP contribution in [0.25, 0.3) is 0 Å². The maximum absolute atomic E-state index is 3.72. The largest absolute Gasteiger partial charge is 0.311 e. The Morgan fingerprint density at radius 2 is 2.06 bits per heavy atom. The minimum atomic E-state index is 0.721. The molecule has 4 atom stereocenters. The highest BCUT2D eigenvalue weighted by Crippen LogP contribution is 2.32. The van der Waals surface area contributed by atoms with Crippen LogP contribution in [-0.2, 0) is 0 Å². The summed E-state index contributed by atoms with van der Waals surface area (Å²) in [7, 11) is 0. The summed E-state index contributed by atoms with van der Waals surface area (Å²) in [6.45, 7) is 13.3. The molecule has 0 radical (unpaired) electrons. The first kappa shape index (κ1) is 14.3. The molecule has 0 aromatic heterocycles. The van der Waals surface area contributed by atoms with Crippen molar-refractivity contribution in [2.24, 2.45) is 17.8 Å². The lowest BCUT2D eigenvalue weighted by Gasteiger charge is -2.43. The van der Waals surface area contributed by atoms with Gasteiger partial charge in [0, 0.05) is 31.7 Å². The monoisotopic (exact) mass is 252 g/mol. The Morgan fingerprint density at radius 1 is 1.28 bits per heavy atom. The van der Waals surface area contributed by atoms with Gasteiger partial charge in [-0.2, -0.15) is 0 Å². The Labute approximate surface area is 114 Å². The smallest absolute Gasteiger partial charge is 0.0244 e. The van der Waals surface area contributed by atoms with Gasteiger partial charge in [-0.05, 0) is 37.0 Å². The van der Waals surface area contributed by atoms with Crippen molar-refractivity contribution >= 4 is 0 Å². The zero-order chi connectivity index (χ0) is 13.1. The Bertz CT molecular complexity index is 251. The van der Waals surface area contributed by atoms with Gasteiger partial charge in [0.15, 0.2) is 0 Å². The molecule has 2 rings (SSSR count). The van der Waals surface area contributed by atoms with E-state index in [0.717, 1.165) is 29.8 Å². The van der Waals surface area contributed by atoms with E-state index in [9.17, 15) is 0 Å². The van der Waals surface area contributed by atoms with Crippen LogP contribution in [0.15, 0.2) is 0 Å². The van der Waals surface area contributed by atoms with Crippen molar-refractivity contribution in [1.82, 2.24) is 10.2 Å². The van der Waals surface area contributed by atoms with Gasteiger partial charge in [-0.1, -0.05) is 34.1 Å². The molecule has 0 amide bonds. The van der Waals surface area contributed by atoms with Gasteiger partial charge < -0.3 is 5.32 Å². The highest BCUT2D eigenvalue weighted by atomic mass is 15.2. The fraction of sp³-hybridized carbons (Fsp3) is 1.00. The SMILES string of the molecule is CCC1CN(CC2CCC(C)C2)C(C(C)C)CN1. The normalized spacial score (nSPS) is 38.5. The van der Waals surface area contributed by atoms with E-state index in [1.54, 1.807) is 0 Å². The molecule has 1 heterocycles. The van der Waals surface area contributed by atoms with Crippen molar-refractivity contribution in [3.63, 3.8) is 0 Å². The molecule has 2 fully saturated rings. The maximum atomic E-state index is 3.72. The molecule has 1 N–H and O–H groups in total. The van der Waals surface area contributed by atoms with Crippen molar-refractivity contribution in [3.05, 3.63) is 0 Å². The molecule has 4 unspecified atom stereocenters. The molecular formula is C16H32N2. The molecule has 1 saturated carbocycles. The molecule has 106 valence electrons. The predicted molar refractivity (Wildman–Crippen MR) is 78.8 cm³/mol. The van der Waals surface area contributed by atoms with Crippen LogP contribution in [0.1, 0.15) is 53.4 Å².